The molecule has 0 saturated carbocycles. The lowest BCUT2D eigenvalue weighted by Crippen LogP contribution is -2.20. The summed E-state index contributed by atoms with van der Waals surface area (Å²) < 4.78 is 101. The van der Waals surface area contributed by atoms with Gasteiger partial charge in [0.1, 0.15) is 23.0 Å². The molecule has 0 unspecified atom stereocenters. The van der Waals surface area contributed by atoms with Gasteiger partial charge in [0.2, 0.25) is 0 Å². The van der Waals surface area contributed by atoms with E-state index in [0.717, 1.165) is 36.4 Å². The van der Waals surface area contributed by atoms with Gasteiger partial charge in [-0.25, -0.2) is 9.18 Å². The average molecular weight is 642 g/mol. The molecule has 1 heterocycles. The second kappa shape index (κ2) is 12.7. The number of carbonyl (C=O) groups is 2. The fourth-order valence-electron chi connectivity index (χ4n) is 3.75. The minimum Gasteiger partial charge on any atom is -0.457 e. The van der Waals surface area contributed by atoms with Crippen molar-refractivity contribution >= 4 is 46.3 Å². The standard InChI is InChI=1S/C28H19ClF7N5O3/c1-37-25(42)24-13-17(8-9-38-24)44-16-4-7-23(21(30)12-16)41-26(43)40-15-3-6-22(19(11-15)28(34,35)36)39-14-2-5-20(29)18(10-14)27(31,32)33/h2-13,39H,1H3,(H,37,42)(H2,40,41,43). The maximum atomic E-state index is 14.7. The first-order chi connectivity index (χ1) is 20.6. The highest BCUT2D eigenvalue weighted by molar-refractivity contribution is 6.31. The van der Waals surface area contributed by atoms with Crippen LogP contribution in [-0.2, 0) is 12.4 Å². The highest BCUT2D eigenvalue weighted by Crippen LogP contribution is 2.40. The van der Waals surface area contributed by atoms with Crippen LogP contribution in [0.2, 0.25) is 5.02 Å². The fourth-order valence-corrected chi connectivity index (χ4v) is 3.97. The zero-order chi connectivity index (χ0) is 32.2. The van der Waals surface area contributed by atoms with Crippen LogP contribution in [-0.4, -0.2) is 24.0 Å². The Kier molecular flexibility index (Phi) is 9.18. The monoisotopic (exact) mass is 641 g/mol. The summed E-state index contributed by atoms with van der Waals surface area (Å²) in [4.78, 5) is 28.1. The normalized spacial score (nSPS) is 11.5. The molecule has 44 heavy (non-hydrogen) atoms. The number of pyridine rings is 1. The first-order valence-corrected chi connectivity index (χ1v) is 12.6. The maximum absolute atomic E-state index is 14.7. The van der Waals surface area contributed by atoms with Crippen LogP contribution in [0.3, 0.4) is 0 Å². The van der Waals surface area contributed by atoms with E-state index >= 15 is 0 Å². The zero-order valence-electron chi connectivity index (χ0n) is 22.1. The van der Waals surface area contributed by atoms with Gasteiger partial charge in [0, 0.05) is 36.8 Å². The molecular formula is C28H19ClF7N5O3. The number of benzene rings is 3. The Morgan fingerprint density at radius 1 is 0.773 bits per heavy atom. The number of amides is 3. The van der Waals surface area contributed by atoms with Crippen molar-refractivity contribution in [3.63, 3.8) is 0 Å². The third-order valence-corrected chi connectivity index (χ3v) is 6.08. The van der Waals surface area contributed by atoms with E-state index in [1.807, 2.05) is 0 Å². The molecule has 0 saturated heterocycles. The molecule has 8 nitrogen and oxygen atoms in total. The molecule has 3 aromatic carbocycles. The molecule has 16 heteroatoms. The number of urea groups is 1. The minimum absolute atomic E-state index is 0.00321. The Morgan fingerprint density at radius 3 is 2.07 bits per heavy atom. The molecule has 0 bridgehead atoms. The summed E-state index contributed by atoms with van der Waals surface area (Å²) in [7, 11) is 1.41. The van der Waals surface area contributed by atoms with E-state index in [9.17, 15) is 40.3 Å². The lowest BCUT2D eigenvalue weighted by molar-refractivity contribution is -0.138. The van der Waals surface area contributed by atoms with Crippen LogP contribution in [0.4, 0.5) is 58.3 Å². The van der Waals surface area contributed by atoms with Gasteiger partial charge in [-0.2, -0.15) is 26.3 Å². The quantitative estimate of drug-likeness (QED) is 0.152. The Balaban J connectivity index is 1.47. The number of alkyl halides is 6. The van der Waals surface area contributed by atoms with E-state index in [2.05, 4.69) is 26.3 Å². The van der Waals surface area contributed by atoms with Crippen LogP contribution in [0.15, 0.2) is 72.9 Å². The van der Waals surface area contributed by atoms with E-state index in [1.54, 1.807) is 0 Å². The third kappa shape index (κ3) is 7.86. The molecule has 4 N–H and O–H groups in total. The van der Waals surface area contributed by atoms with E-state index in [0.29, 0.717) is 12.1 Å². The number of hydrogen-bond acceptors (Lipinski definition) is 5. The second-order valence-corrected chi connectivity index (χ2v) is 9.26. The topological polar surface area (TPSA) is 104 Å². The van der Waals surface area contributed by atoms with Gasteiger partial charge < -0.3 is 26.0 Å². The summed E-state index contributed by atoms with van der Waals surface area (Å²) in [5.74, 6) is -1.24. The van der Waals surface area contributed by atoms with Gasteiger partial charge in [-0.05, 0) is 54.6 Å². The van der Waals surface area contributed by atoms with E-state index in [4.69, 9.17) is 16.3 Å². The molecule has 0 aliphatic rings. The first-order valence-electron chi connectivity index (χ1n) is 12.2. The van der Waals surface area contributed by atoms with Crippen molar-refractivity contribution in [1.82, 2.24) is 10.3 Å². The number of anilines is 4. The van der Waals surface area contributed by atoms with Gasteiger partial charge in [-0.15, -0.1) is 0 Å². The van der Waals surface area contributed by atoms with Crippen molar-refractivity contribution in [3.8, 4) is 11.5 Å². The molecule has 1 aromatic heterocycles. The molecule has 0 spiro atoms. The SMILES string of the molecule is CNC(=O)c1cc(Oc2ccc(NC(=O)Nc3ccc(Nc4ccc(Cl)c(C(F)(F)F)c4)c(C(F)(F)F)c3)c(F)c2)ccn1. The summed E-state index contributed by atoms with van der Waals surface area (Å²) in [6.07, 6.45) is -8.51. The average Bonchev–Trinajstić information content (AvgIpc) is 2.95. The van der Waals surface area contributed by atoms with Gasteiger partial charge in [-0.1, -0.05) is 11.6 Å². The Morgan fingerprint density at radius 2 is 1.41 bits per heavy atom. The highest BCUT2D eigenvalue weighted by Gasteiger charge is 2.35. The number of nitrogens with one attached hydrogen (secondary N) is 4. The number of nitrogens with zero attached hydrogens (tertiary/aromatic N) is 1. The second-order valence-electron chi connectivity index (χ2n) is 8.85. The molecule has 230 valence electrons. The summed E-state index contributed by atoms with van der Waals surface area (Å²) in [5.41, 5.74) is -4.10. The van der Waals surface area contributed by atoms with Crippen molar-refractivity contribution in [1.29, 1.82) is 0 Å². The van der Waals surface area contributed by atoms with Crippen LogP contribution in [0, 0.1) is 5.82 Å². The van der Waals surface area contributed by atoms with Crippen LogP contribution in [0.5, 0.6) is 11.5 Å². The van der Waals surface area contributed by atoms with Crippen LogP contribution in [0.1, 0.15) is 21.6 Å². The van der Waals surface area contributed by atoms with E-state index in [1.165, 1.54) is 31.4 Å². The summed E-state index contributed by atoms with van der Waals surface area (Å²) in [6.45, 7) is 0. The minimum atomic E-state index is -4.98. The van der Waals surface area contributed by atoms with Crippen LogP contribution >= 0.6 is 11.6 Å². The fraction of sp³-hybridized carbons (Fsp3) is 0.107. The van der Waals surface area contributed by atoms with Crippen molar-refractivity contribution in [2.75, 3.05) is 23.0 Å². The molecule has 0 aliphatic heterocycles. The van der Waals surface area contributed by atoms with E-state index in [-0.39, 0.29) is 34.3 Å². The molecular weight excluding hydrogens is 623 g/mol. The summed E-state index contributed by atoms with van der Waals surface area (Å²) in [6, 6.07) is 10.1. The summed E-state index contributed by atoms with van der Waals surface area (Å²) in [5, 5.41) is 8.36. The van der Waals surface area contributed by atoms with Gasteiger partial charge in [0.05, 0.1) is 27.5 Å². The molecule has 0 radical (unpaired) electrons. The van der Waals surface area contributed by atoms with Gasteiger partial charge in [0.15, 0.2) is 0 Å². The Bertz CT molecular complexity index is 1710. The first kappa shape index (κ1) is 31.9. The molecule has 4 aromatic rings. The lowest BCUT2D eigenvalue weighted by Gasteiger charge is -2.18. The van der Waals surface area contributed by atoms with Crippen molar-refractivity contribution in [3.05, 3.63) is 101 Å². The largest absolute Gasteiger partial charge is 0.457 e. The van der Waals surface area contributed by atoms with Gasteiger partial charge in [-0.3, -0.25) is 9.78 Å². The Labute approximate surface area is 249 Å². The molecule has 0 fully saturated rings. The van der Waals surface area contributed by atoms with Crippen molar-refractivity contribution < 1.29 is 45.1 Å². The van der Waals surface area contributed by atoms with Crippen molar-refractivity contribution in [2.24, 2.45) is 0 Å². The number of rotatable bonds is 7. The number of halogens is 8. The Hall–Kier alpha value is -5.05. The molecule has 4 rings (SSSR count). The molecule has 0 aliphatic carbocycles. The highest BCUT2D eigenvalue weighted by atomic mass is 35.5. The number of hydrogen-bond donors (Lipinski definition) is 4. The zero-order valence-corrected chi connectivity index (χ0v) is 22.9. The maximum Gasteiger partial charge on any atom is 0.418 e. The molecule has 3 amide bonds. The number of carbonyl (C=O) groups excluding carboxylic acids is 2. The smallest absolute Gasteiger partial charge is 0.418 e. The van der Waals surface area contributed by atoms with Crippen LogP contribution in [0.25, 0.3) is 0 Å². The predicted octanol–water partition coefficient (Wildman–Crippen LogP) is 8.45. The van der Waals surface area contributed by atoms with Gasteiger partial charge in [0.25, 0.3) is 5.91 Å². The van der Waals surface area contributed by atoms with E-state index < -0.39 is 51.9 Å². The molecule has 0 atom stereocenters. The van der Waals surface area contributed by atoms with Crippen LogP contribution < -0.4 is 26.0 Å². The number of aromatic nitrogens is 1. The lowest BCUT2D eigenvalue weighted by atomic mass is 10.1. The van der Waals surface area contributed by atoms with Gasteiger partial charge >= 0.3 is 18.4 Å². The predicted molar refractivity (Wildman–Crippen MR) is 148 cm³/mol. The third-order valence-electron chi connectivity index (χ3n) is 5.75. The number of ether oxygens (including phenoxy) is 1. The summed E-state index contributed by atoms with van der Waals surface area (Å²) >= 11 is 5.57. The van der Waals surface area contributed by atoms with Crippen molar-refractivity contribution in [2.45, 2.75) is 12.4 Å².